The quantitative estimate of drug-likeness (QED) is 0.750. The fourth-order valence-corrected chi connectivity index (χ4v) is 5.02. The Balaban J connectivity index is 1.21. The van der Waals surface area contributed by atoms with Crippen LogP contribution in [0.5, 0.6) is 0 Å². The zero-order valence-electron chi connectivity index (χ0n) is 17.0. The van der Waals surface area contributed by atoms with Crippen LogP contribution in [0.15, 0.2) is 12.5 Å². The van der Waals surface area contributed by atoms with E-state index < -0.39 is 0 Å². The molecule has 2 aliphatic heterocycles. The maximum absolute atomic E-state index is 13.0. The van der Waals surface area contributed by atoms with E-state index in [1.54, 1.807) is 11.0 Å². The molecule has 0 aromatic carbocycles. The van der Waals surface area contributed by atoms with Crippen molar-refractivity contribution in [3.05, 3.63) is 12.5 Å². The second kappa shape index (κ2) is 7.87. The summed E-state index contributed by atoms with van der Waals surface area (Å²) in [6, 6.07) is 0.419. The van der Waals surface area contributed by atoms with Gasteiger partial charge in [-0.1, -0.05) is 12.8 Å². The molecule has 4 heterocycles. The van der Waals surface area contributed by atoms with Gasteiger partial charge in [0.15, 0.2) is 5.65 Å². The Morgan fingerprint density at radius 3 is 2.83 bits per heavy atom. The van der Waals surface area contributed by atoms with E-state index in [9.17, 15) is 4.79 Å². The molecule has 0 bridgehead atoms. The molecule has 5 rings (SSSR count). The van der Waals surface area contributed by atoms with Gasteiger partial charge in [-0.05, 0) is 12.8 Å². The highest BCUT2D eigenvalue weighted by atomic mass is 16.5. The van der Waals surface area contributed by atoms with E-state index in [0.717, 1.165) is 69.0 Å². The number of ether oxygens (including phenoxy) is 1. The molecule has 9 heteroatoms. The molecule has 2 aromatic heterocycles. The number of aryl methyl sites for hydroxylation is 1. The van der Waals surface area contributed by atoms with Crippen LogP contribution in [0.4, 0.5) is 5.82 Å². The van der Waals surface area contributed by atoms with Gasteiger partial charge in [-0.15, -0.1) is 0 Å². The lowest BCUT2D eigenvalue weighted by atomic mass is 9.90. The summed E-state index contributed by atoms with van der Waals surface area (Å²) < 4.78 is 7.71. The van der Waals surface area contributed by atoms with Gasteiger partial charge in [0.25, 0.3) is 0 Å². The highest BCUT2D eigenvalue weighted by molar-refractivity contribution is 5.87. The van der Waals surface area contributed by atoms with Gasteiger partial charge in [0, 0.05) is 45.8 Å². The van der Waals surface area contributed by atoms with Crippen molar-refractivity contribution in [1.29, 1.82) is 0 Å². The monoisotopic (exact) mass is 399 g/mol. The second-order valence-electron chi connectivity index (χ2n) is 8.30. The van der Waals surface area contributed by atoms with Crippen LogP contribution < -0.4 is 4.90 Å². The van der Waals surface area contributed by atoms with Gasteiger partial charge in [0.2, 0.25) is 5.91 Å². The summed E-state index contributed by atoms with van der Waals surface area (Å²) in [5.41, 5.74) is 0.836. The van der Waals surface area contributed by atoms with Crippen molar-refractivity contribution in [2.24, 2.45) is 7.05 Å². The average Bonchev–Trinajstić information content (AvgIpc) is 3.15. The molecule has 0 radical (unpaired) electrons. The first-order chi connectivity index (χ1) is 14.2. The lowest BCUT2D eigenvalue weighted by Crippen LogP contribution is -2.57. The lowest BCUT2D eigenvalue weighted by Gasteiger charge is -2.44. The summed E-state index contributed by atoms with van der Waals surface area (Å²) in [4.78, 5) is 28.4. The molecule has 3 aliphatic rings. The van der Waals surface area contributed by atoms with Crippen LogP contribution in [-0.2, 0) is 16.6 Å². The van der Waals surface area contributed by atoms with Crippen LogP contribution in [0.2, 0.25) is 0 Å². The van der Waals surface area contributed by atoms with Crippen molar-refractivity contribution in [2.75, 3.05) is 50.8 Å². The van der Waals surface area contributed by atoms with Crippen LogP contribution in [0.25, 0.3) is 11.0 Å². The molecule has 1 saturated carbocycles. The molecule has 9 nitrogen and oxygen atoms in total. The minimum absolute atomic E-state index is 0.241. The average molecular weight is 399 g/mol. The summed E-state index contributed by atoms with van der Waals surface area (Å²) in [5, 5.41) is 5.26. The molecule has 156 valence electrons. The largest absolute Gasteiger partial charge is 0.375 e. The highest BCUT2D eigenvalue weighted by Gasteiger charge is 2.36. The number of fused-ring (bicyclic) bond motifs is 2. The summed E-state index contributed by atoms with van der Waals surface area (Å²) in [7, 11) is 1.89. The van der Waals surface area contributed by atoms with E-state index in [0.29, 0.717) is 18.7 Å². The SMILES string of the molecule is Cn1ncc2c(N3CCN(C(=O)CN4CCOC5CCCCC54)CC3)ncnc21. The summed E-state index contributed by atoms with van der Waals surface area (Å²) >= 11 is 0. The van der Waals surface area contributed by atoms with Crippen LogP contribution in [0, 0.1) is 0 Å². The highest BCUT2D eigenvalue weighted by Crippen LogP contribution is 2.28. The summed E-state index contributed by atoms with van der Waals surface area (Å²) in [5.74, 6) is 1.15. The molecule has 2 unspecified atom stereocenters. The molecule has 3 fully saturated rings. The molecule has 0 N–H and O–H groups in total. The Morgan fingerprint density at radius 2 is 1.97 bits per heavy atom. The number of morpholine rings is 1. The number of amides is 1. The first-order valence-electron chi connectivity index (χ1n) is 10.7. The van der Waals surface area contributed by atoms with Gasteiger partial charge < -0.3 is 14.5 Å². The molecule has 1 aliphatic carbocycles. The number of nitrogens with zero attached hydrogens (tertiary/aromatic N) is 7. The zero-order valence-corrected chi connectivity index (χ0v) is 17.0. The van der Waals surface area contributed by atoms with E-state index in [4.69, 9.17) is 4.74 Å². The van der Waals surface area contributed by atoms with Gasteiger partial charge in [-0.3, -0.25) is 14.4 Å². The number of aromatic nitrogens is 4. The number of piperazine rings is 1. The maximum atomic E-state index is 13.0. The number of rotatable bonds is 3. The molecular weight excluding hydrogens is 370 g/mol. The van der Waals surface area contributed by atoms with Crippen molar-refractivity contribution < 1.29 is 9.53 Å². The zero-order chi connectivity index (χ0) is 19.8. The van der Waals surface area contributed by atoms with Crippen molar-refractivity contribution in [1.82, 2.24) is 29.5 Å². The minimum atomic E-state index is 0.241. The van der Waals surface area contributed by atoms with Gasteiger partial charge in [0.1, 0.15) is 12.1 Å². The van der Waals surface area contributed by atoms with Crippen LogP contribution in [0.1, 0.15) is 25.7 Å². The van der Waals surface area contributed by atoms with E-state index >= 15 is 0 Å². The van der Waals surface area contributed by atoms with E-state index in [-0.39, 0.29) is 5.91 Å². The predicted octanol–water partition coefficient (Wildman–Crippen LogP) is 0.655. The normalized spacial score (nSPS) is 26.0. The fourth-order valence-electron chi connectivity index (χ4n) is 5.02. The Bertz CT molecular complexity index is 875. The van der Waals surface area contributed by atoms with E-state index in [1.807, 2.05) is 18.1 Å². The Labute approximate surface area is 170 Å². The molecule has 1 amide bonds. The Kier molecular flexibility index (Phi) is 5.09. The molecular formula is C20H29N7O2. The van der Waals surface area contributed by atoms with Gasteiger partial charge in [-0.25, -0.2) is 9.97 Å². The standard InChI is InChI=1S/C20H29N7O2/c1-24-19-15(12-23-24)20(22-14-21-19)26-8-6-25(7-9-26)18(28)13-27-10-11-29-17-5-3-2-4-16(17)27/h12,14,16-17H,2-11,13H2,1H3. The number of hydrogen-bond acceptors (Lipinski definition) is 7. The molecule has 29 heavy (non-hydrogen) atoms. The van der Waals surface area contributed by atoms with Crippen LogP contribution in [-0.4, -0.2) is 93.5 Å². The van der Waals surface area contributed by atoms with Crippen molar-refractivity contribution in [2.45, 2.75) is 37.8 Å². The third kappa shape index (κ3) is 3.57. The predicted molar refractivity (Wildman–Crippen MR) is 109 cm³/mol. The third-order valence-electron chi connectivity index (χ3n) is 6.63. The molecule has 2 saturated heterocycles. The third-order valence-corrected chi connectivity index (χ3v) is 6.63. The van der Waals surface area contributed by atoms with Gasteiger partial charge >= 0.3 is 0 Å². The Hall–Kier alpha value is -2.26. The summed E-state index contributed by atoms with van der Waals surface area (Å²) in [6.07, 6.45) is 8.52. The van der Waals surface area contributed by atoms with Gasteiger partial charge in [0.05, 0.1) is 30.8 Å². The van der Waals surface area contributed by atoms with Crippen molar-refractivity contribution in [3.8, 4) is 0 Å². The maximum Gasteiger partial charge on any atom is 0.236 e. The topological polar surface area (TPSA) is 79.6 Å². The summed E-state index contributed by atoms with van der Waals surface area (Å²) in [6.45, 7) is 5.14. The van der Waals surface area contributed by atoms with Crippen LogP contribution in [0.3, 0.4) is 0 Å². The second-order valence-corrected chi connectivity index (χ2v) is 8.30. The number of carbonyl (C=O) groups excluding carboxylic acids is 1. The number of hydrogen-bond donors (Lipinski definition) is 0. The molecule has 0 spiro atoms. The lowest BCUT2D eigenvalue weighted by molar-refractivity contribution is -0.139. The minimum Gasteiger partial charge on any atom is -0.375 e. The molecule has 2 aromatic rings. The smallest absolute Gasteiger partial charge is 0.236 e. The van der Waals surface area contributed by atoms with Crippen molar-refractivity contribution >= 4 is 22.8 Å². The first kappa shape index (κ1) is 18.7. The number of anilines is 1. The van der Waals surface area contributed by atoms with Crippen LogP contribution >= 0.6 is 0 Å². The van der Waals surface area contributed by atoms with E-state index in [2.05, 4.69) is 24.9 Å². The first-order valence-corrected chi connectivity index (χ1v) is 10.7. The fraction of sp³-hybridized carbons (Fsp3) is 0.700. The Morgan fingerprint density at radius 1 is 1.14 bits per heavy atom. The molecule has 2 atom stereocenters. The van der Waals surface area contributed by atoms with Gasteiger partial charge in [-0.2, -0.15) is 5.10 Å². The van der Waals surface area contributed by atoms with Crippen molar-refractivity contribution in [3.63, 3.8) is 0 Å². The number of carbonyl (C=O) groups is 1. The van der Waals surface area contributed by atoms with E-state index in [1.165, 1.54) is 12.8 Å².